The molecule has 2 aromatic rings. The van der Waals surface area contributed by atoms with E-state index in [1.54, 1.807) is 30.3 Å². The quantitative estimate of drug-likeness (QED) is 0.730. The summed E-state index contributed by atoms with van der Waals surface area (Å²) in [6, 6.07) is 11.7. The summed E-state index contributed by atoms with van der Waals surface area (Å²) in [5.74, 6) is -0.690. The molecule has 0 aromatic heterocycles. The first-order valence-electron chi connectivity index (χ1n) is 6.65. The summed E-state index contributed by atoms with van der Waals surface area (Å²) >= 11 is 0. The van der Waals surface area contributed by atoms with Crippen LogP contribution in [-0.4, -0.2) is 18.4 Å². The largest absolute Gasteiger partial charge is 0.483 e. The third-order valence-corrected chi connectivity index (χ3v) is 3.05. The Morgan fingerprint density at radius 3 is 2.64 bits per heavy atom. The lowest BCUT2D eigenvalue weighted by molar-refractivity contribution is -0.118. The van der Waals surface area contributed by atoms with E-state index in [-0.39, 0.29) is 23.8 Å². The van der Waals surface area contributed by atoms with Gasteiger partial charge in [-0.25, -0.2) is 0 Å². The number of carbonyl (C=O) groups is 2. The van der Waals surface area contributed by atoms with Gasteiger partial charge in [-0.05, 0) is 36.8 Å². The van der Waals surface area contributed by atoms with Gasteiger partial charge in [-0.3, -0.25) is 9.59 Å². The van der Waals surface area contributed by atoms with Crippen LogP contribution in [0.1, 0.15) is 15.9 Å². The van der Waals surface area contributed by atoms with Gasteiger partial charge < -0.3 is 21.5 Å². The molecular formula is C16H17N3O3. The third-order valence-electron chi connectivity index (χ3n) is 3.05. The van der Waals surface area contributed by atoms with Gasteiger partial charge in [-0.15, -0.1) is 0 Å². The van der Waals surface area contributed by atoms with Crippen LogP contribution in [0.3, 0.4) is 0 Å². The van der Waals surface area contributed by atoms with E-state index in [0.29, 0.717) is 11.4 Å². The fourth-order valence-corrected chi connectivity index (χ4v) is 1.90. The van der Waals surface area contributed by atoms with E-state index in [1.165, 1.54) is 6.07 Å². The number of nitrogens with one attached hydrogen (secondary N) is 1. The average Bonchev–Trinajstić information content (AvgIpc) is 2.49. The second-order valence-corrected chi connectivity index (χ2v) is 4.77. The van der Waals surface area contributed by atoms with Crippen LogP contribution in [0.25, 0.3) is 0 Å². The van der Waals surface area contributed by atoms with Crippen LogP contribution in [0.4, 0.5) is 11.4 Å². The number of amides is 2. The normalized spacial score (nSPS) is 10.0. The van der Waals surface area contributed by atoms with Crippen LogP contribution in [0.5, 0.6) is 5.75 Å². The number of ether oxygens (including phenoxy) is 1. The van der Waals surface area contributed by atoms with Gasteiger partial charge in [-0.2, -0.15) is 0 Å². The fourth-order valence-electron chi connectivity index (χ4n) is 1.90. The Hall–Kier alpha value is -3.02. The molecule has 6 nitrogen and oxygen atoms in total. The number of hydrogen-bond acceptors (Lipinski definition) is 4. The summed E-state index contributed by atoms with van der Waals surface area (Å²) in [7, 11) is 0. The van der Waals surface area contributed by atoms with E-state index in [4.69, 9.17) is 16.2 Å². The number of aryl methyl sites for hydroxylation is 1. The molecule has 0 aliphatic rings. The molecular weight excluding hydrogens is 282 g/mol. The first kappa shape index (κ1) is 15.4. The Balaban J connectivity index is 2.02. The van der Waals surface area contributed by atoms with E-state index in [2.05, 4.69) is 5.32 Å². The second-order valence-electron chi connectivity index (χ2n) is 4.77. The number of para-hydroxylation sites is 1. The molecule has 0 aliphatic heterocycles. The number of hydrogen-bond donors (Lipinski definition) is 3. The number of nitrogen functional groups attached to an aromatic ring is 1. The maximum absolute atomic E-state index is 11.9. The summed E-state index contributed by atoms with van der Waals surface area (Å²) in [5, 5.41) is 2.71. The number of anilines is 2. The lowest BCUT2D eigenvalue weighted by Gasteiger charge is -2.11. The predicted molar refractivity (Wildman–Crippen MR) is 84.7 cm³/mol. The minimum absolute atomic E-state index is 0.232. The van der Waals surface area contributed by atoms with Crippen molar-refractivity contribution in [3.8, 4) is 5.75 Å². The summed E-state index contributed by atoms with van der Waals surface area (Å²) in [6.45, 7) is 1.62. The zero-order valence-corrected chi connectivity index (χ0v) is 12.1. The molecule has 0 radical (unpaired) electrons. The van der Waals surface area contributed by atoms with Crippen molar-refractivity contribution in [3.05, 3.63) is 53.6 Å². The summed E-state index contributed by atoms with van der Waals surface area (Å²) in [4.78, 5) is 23.2. The standard InChI is InChI=1S/C16H17N3O3/c1-10-6-7-11(17)8-13(10)19-15(20)9-22-14-5-3-2-4-12(14)16(18)21/h2-8H,9,17H2,1H3,(H2,18,21)(H,19,20). The molecule has 0 spiro atoms. The Bertz CT molecular complexity index is 714. The van der Waals surface area contributed by atoms with Crippen LogP contribution < -0.4 is 21.5 Å². The predicted octanol–water partition coefficient (Wildman–Crippen LogP) is 1.69. The van der Waals surface area contributed by atoms with E-state index in [0.717, 1.165) is 5.56 Å². The number of primary amides is 1. The smallest absolute Gasteiger partial charge is 0.262 e. The maximum Gasteiger partial charge on any atom is 0.262 e. The van der Waals surface area contributed by atoms with Crippen LogP contribution in [0.2, 0.25) is 0 Å². The van der Waals surface area contributed by atoms with Gasteiger partial charge in [0.2, 0.25) is 0 Å². The van der Waals surface area contributed by atoms with Crippen LogP contribution in [0, 0.1) is 6.92 Å². The number of carbonyl (C=O) groups excluding carboxylic acids is 2. The van der Waals surface area contributed by atoms with Crippen molar-refractivity contribution in [1.82, 2.24) is 0 Å². The fraction of sp³-hybridized carbons (Fsp3) is 0.125. The lowest BCUT2D eigenvalue weighted by Crippen LogP contribution is -2.22. The number of rotatable bonds is 5. The van der Waals surface area contributed by atoms with Crippen molar-refractivity contribution >= 4 is 23.2 Å². The van der Waals surface area contributed by atoms with Crippen molar-refractivity contribution in [2.45, 2.75) is 6.92 Å². The molecule has 0 unspecified atom stereocenters. The number of benzene rings is 2. The van der Waals surface area contributed by atoms with Gasteiger partial charge in [0.05, 0.1) is 5.56 Å². The molecule has 22 heavy (non-hydrogen) atoms. The number of nitrogens with two attached hydrogens (primary N) is 2. The molecule has 0 bridgehead atoms. The Morgan fingerprint density at radius 1 is 1.18 bits per heavy atom. The summed E-state index contributed by atoms with van der Waals surface area (Å²) in [6.07, 6.45) is 0. The van der Waals surface area contributed by atoms with Gasteiger partial charge in [0.1, 0.15) is 5.75 Å². The Morgan fingerprint density at radius 2 is 1.91 bits per heavy atom. The first-order valence-corrected chi connectivity index (χ1v) is 6.65. The van der Waals surface area contributed by atoms with E-state index < -0.39 is 5.91 Å². The van der Waals surface area contributed by atoms with E-state index >= 15 is 0 Å². The zero-order valence-electron chi connectivity index (χ0n) is 12.1. The first-order chi connectivity index (χ1) is 10.5. The zero-order chi connectivity index (χ0) is 16.1. The molecule has 2 rings (SSSR count). The van der Waals surface area contributed by atoms with Gasteiger partial charge in [-0.1, -0.05) is 18.2 Å². The summed E-state index contributed by atoms with van der Waals surface area (Å²) in [5.41, 5.74) is 13.2. The van der Waals surface area contributed by atoms with Crippen LogP contribution in [-0.2, 0) is 4.79 Å². The van der Waals surface area contributed by atoms with Gasteiger partial charge in [0, 0.05) is 11.4 Å². The van der Waals surface area contributed by atoms with Crippen molar-refractivity contribution in [2.75, 3.05) is 17.7 Å². The van der Waals surface area contributed by atoms with E-state index in [1.807, 2.05) is 13.0 Å². The lowest BCUT2D eigenvalue weighted by atomic mass is 10.2. The van der Waals surface area contributed by atoms with Gasteiger partial charge >= 0.3 is 0 Å². The SMILES string of the molecule is Cc1ccc(N)cc1NC(=O)COc1ccccc1C(N)=O. The monoisotopic (exact) mass is 299 g/mol. The highest BCUT2D eigenvalue weighted by atomic mass is 16.5. The molecule has 0 atom stereocenters. The van der Waals surface area contributed by atoms with Crippen LogP contribution in [0.15, 0.2) is 42.5 Å². The third kappa shape index (κ3) is 3.76. The molecule has 0 saturated heterocycles. The van der Waals surface area contributed by atoms with Crippen molar-refractivity contribution in [3.63, 3.8) is 0 Å². The highest BCUT2D eigenvalue weighted by Crippen LogP contribution is 2.19. The summed E-state index contributed by atoms with van der Waals surface area (Å²) < 4.78 is 5.36. The van der Waals surface area contributed by atoms with Crippen molar-refractivity contribution in [1.29, 1.82) is 0 Å². The molecule has 6 heteroatoms. The molecule has 5 N–H and O–H groups in total. The highest BCUT2D eigenvalue weighted by Gasteiger charge is 2.11. The topological polar surface area (TPSA) is 107 Å². The van der Waals surface area contributed by atoms with Gasteiger partial charge in [0.25, 0.3) is 11.8 Å². The Labute approximate surface area is 128 Å². The molecule has 0 aliphatic carbocycles. The minimum Gasteiger partial charge on any atom is -0.483 e. The molecule has 0 fully saturated rings. The van der Waals surface area contributed by atoms with Gasteiger partial charge in [0.15, 0.2) is 6.61 Å². The van der Waals surface area contributed by atoms with Crippen molar-refractivity contribution in [2.24, 2.45) is 5.73 Å². The Kier molecular flexibility index (Phi) is 4.63. The van der Waals surface area contributed by atoms with Crippen molar-refractivity contribution < 1.29 is 14.3 Å². The molecule has 2 amide bonds. The molecule has 0 heterocycles. The average molecular weight is 299 g/mol. The molecule has 2 aromatic carbocycles. The second kappa shape index (κ2) is 6.62. The highest BCUT2D eigenvalue weighted by molar-refractivity contribution is 5.96. The minimum atomic E-state index is -0.609. The molecule has 0 saturated carbocycles. The maximum atomic E-state index is 11.9. The van der Waals surface area contributed by atoms with E-state index in [9.17, 15) is 9.59 Å². The molecule has 114 valence electrons. The van der Waals surface area contributed by atoms with Crippen LogP contribution >= 0.6 is 0 Å².